The summed E-state index contributed by atoms with van der Waals surface area (Å²) in [6, 6.07) is 6.46. The molecule has 1 amide bonds. The highest BCUT2D eigenvalue weighted by atomic mass is 35.5. The molecule has 0 aliphatic heterocycles. The molecule has 0 aromatic heterocycles. The number of hydrogen-bond acceptors (Lipinski definition) is 4. The van der Waals surface area contributed by atoms with Gasteiger partial charge in [0.25, 0.3) is 5.91 Å². The maximum atomic E-state index is 11.9. The van der Waals surface area contributed by atoms with Gasteiger partial charge in [0.2, 0.25) is 0 Å². The monoisotopic (exact) mass is 339 g/mol. The number of halogens is 1. The van der Waals surface area contributed by atoms with Gasteiger partial charge in [-0.1, -0.05) is 25.4 Å². The van der Waals surface area contributed by atoms with Crippen LogP contribution < -0.4 is 5.32 Å². The second-order valence-corrected chi connectivity index (χ2v) is 6.13. The Bertz CT molecular complexity index is 554. The number of ketones is 1. The Hall–Kier alpha value is -1.88. The number of amides is 1. The minimum Gasteiger partial charge on any atom is -0.456 e. The van der Waals surface area contributed by atoms with Gasteiger partial charge >= 0.3 is 5.97 Å². The van der Waals surface area contributed by atoms with Crippen molar-refractivity contribution >= 4 is 29.3 Å². The fourth-order valence-corrected chi connectivity index (χ4v) is 1.80. The highest BCUT2D eigenvalue weighted by molar-refractivity contribution is 6.30. The van der Waals surface area contributed by atoms with Gasteiger partial charge in [0.1, 0.15) is 0 Å². The van der Waals surface area contributed by atoms with E-state index in [-0.39, 0.29) is 37.2 Å². The van der Waals surface area contributed by atoms with E-state index in [0.717, 1.165) is 0 Å². The van der Waals surface area contributed by atoms with E-state index in [1.54, 1.807) is 24.3 Å². The van der Waals surface area contributed by atoms with Crippen LogP contribution in [0, 0.1) is 5.92 Å². The van der Waals surface area contributed by atoms with E-state index < -0.39 is 5.97 Å². The van der Waals surface area contributed by atoms with Crippen molar-refractivity contribution in [2.75, 3.05) is 6.61 Å². The molecule has 23 heavy (non-hydrogen) atoms. The number of ether oxygens (including phenoxy) is 1. The molecule has 5 nitrogen and oxygen atoms in total. The van der Waals surface area contributed by atoms with Gasteiger partial charge in [-0.3, -0.25) is 14.4 Å². The molecular formula is C17H22ClNO4. The van der Waals surface area contributed by atoms with E-state index in [1.807, 2.05) is 20.8 Å². The average molecular weight is 340 g/mol. The minimum absolute atomic E-state index is 0.00712. The lowest BCUT2D eigenvalue weighted by Crippen LogP contribution is -2.38. The van der Waals surface area contributed by atoms with E-state index in [1.165, 1.54) is 0 Å². The van der Waals surface area contributed by atoms with Crippen LogP contribution in [0.2, 0.25) is 5.02 Å². The normalized spacial score (nSPS) is 11.9. The van der Waals surface area contributed by atoms with Crippen molar-refractivity contribution in [2.45, 2.75) is 39.7 Å². The first kappa shape index (κ1) is 19.2. The number of benzene rings is 1. The van der Waals surface area contributed by atoms with Gasteiger partial charge < -0.3 is 10.1 Å². The first-order valence-corrected chi connectivity index (χ1v) is 7.91. The molecule has 126 valence electrons. The Morgan fingerprint density at radius 2 is 1.70 bits per heavy atom. The fourth-order valence-electron chi connectivity index (χ4n) is 1.68. The summed E-state index contributed by atoms with van der Waals surface area (Å²) in [5, 5.41) is 3.28. The average Bonchev–Trinajstić information content (AvgIpc) is 2.51. The molecule has 0 heterocycles. The van der Waals surface area contributed by atoms with Crippen molar-refractivity contribution in [1.29, 1.82) is 0 Å². The van der Waals surface area contributed by atoms with Gasteiger partial charge in [-0.2, -0.15) is 0 Å². The molecule has 1 aromatic carbocycles. The zero-order valence-corrected chi connectivity index (χ0v) is 14.4. The van der Waals surface area contributed by atoms with Crippen LogP contribution in [0.25, 0.3) is 0 Å². The Kier molecular flexibility index (Phi) is 7.75. The van der Waals surface area contributed by atoms with Gasteiger partial charge in [-0.05, 0) is 37.1 Å². The van der Waals surface area contributed by atoms with E-state index in [9.17, 15) is 14.4 Å². The number of carbonyl (C=O) groups is 3. The third kappa shape index (κ3) is 7.28. The highest BCUT2D eigenvalue weighted by Crippen LogP contribution is 2.12. The van der Waals surface area contributed by atoms with Gasteiger partial charge in [-0.15, -0.1) is 0 Å². The predicted octanol–water partition coefficient (Wildman–Crippen LogP) is 3.01. The molecule has 0 radical (unpaired) electrons. The number of Topliss-reactive ketones (excluding diaryl/α,β-unsaturated/α-hetero) is 1. The van der Waals surface area contributed by atoms with Crippen LogP contribution in [0.1, 0.15) is 44.0 Å². The van der Waals surface area contributed by atoms with Crippen molar-refractivity contribution in [3.05, 3.63) is 34.9 Å². The molecule has 0 aliphatic carbocycles. The fraction of sp³-hybridized carbons (Fsp3) is 0.471. The smallest absolute Gasteiger partial charge is 0.306 e. The molecule has 6 heteroatoms. The summed E-state index contributed by atoms with van der Waals surface area (Å²) in [6.45, 7) is 5.53. The third-order valence-electron chi connectivity index (χ3n) is 3.48. The summed E-state index contributed by atoms with van der Waals surface area (Å²) >= 11 is 5.75. The van der Waals surface area contributed by atoms with Crippen molar-refractivity contribution < 1.29 is 19.1 Å². The summed E-state index contributed by atoms with van der Waals surface area (Å²) in [4.78, 5) is 35.1. The van der Waals surface area contributed by atoms with Crippen molar-refractivity contribution in [3.8, 4) is 0 Å². The summed E-state index contributed by atoms with van der Waals surface area (Å²) in [5.74, 6) is -0.786. The zero-order valence-electron chi connectivity index (χ0n) is 13.6. The maximum Gasteiger partial charge on any atom is 0.306 e. The largest absolute Gasteiger partial charge is 0.456 e. The molecule has 1 rings (SSSR count). The van der Waals surface area contributed by atoms with Crippen LogP contribution in [-0.2, 0) is 14.3 Å². The predicted molar refractivity (Wildman–Crippen MR) is 88.4 cm³/mol. The van der Waals surface area contributed by atoms with Gasteiger partial charge in [0, 0.05) is 23.0 Å². The lowest BCUT2D eigenvalue weighted by molar-refractivity contribution is -0.148. The number of carbonyl (C=O) groups excluding carboxylic acids is 3. The maximum absolute atomic E-state index is 11.9. The second kappa shape index (κ2) is 9.30. The second-order valence-electron chi connectivity index (χ2n) is 5.69. The van der Waals surface area contributed by atoms with E-state index in [0.29, 0.717) is 16.5 Å². The van der Waals surface area contributed by atoms with Gasteiger partial charge in [0.15, 0.2) is 12.4 Å². The molecule has 1 atom stereocenters. The van der Waals surface area contributed by atoms with Crippen LogP contribution in [0.4, 0.5) is 0 Å². The Balaban J connectivity index is 2.30. The third-order valence-corrected chi connectivity index (χ3v) is 3.73. The molecule has 0 bridgehead atoms. The van der Waals surface area contributed by atoms with Crippen LogP contribution >= 0.6 is 11.6 Å². The van der Waals surface area contributed by atoms with Gasteiger partial charge in [0.05, 0.1) is 6.42 Å². The minimum atomic E-state index is -0.570. The lowest BCUT2D eigenvalue weighted by atomic mass is 10.1. The number of esters is 1. The van der Waals surface area contributed by atoms with E-state index >= 15 is 0 Å². The summed E-state index contributed by atoms with van der Waals surface area (Å²) in [5.41, 5.74) is 0.491. The molecule has 0 unspecified atom stereocenters. The summed E-state index contributed by atoms with van der Waals surface area (Å²) in [6.07, 6.45) is -0.0288. The first-order chi connectivity index (χ1) is 10.8. The first-order valence-electron chi connectivity index (χ1n) is 7.53. The van der Waals surface area contributed by atoms with Gasteiger partial charge in [-0.25, -0.2) is 0 Å². The Morgan fingerprint density at radius 1 is 1.09 bits per heavy atom. The van der Waals surface area contributed by atoms with Crippen LogP contribution in [0.3, 0.4) is 0 Å². The highest BCUT2D eigenvalue weighted by Gasteiger charge is 2.14. The van der Waals surface area contributed by atoms with Crippen LogP contribution in [0.5, 0.6) is 0 Å². The number of hydrogen-bond donors (Lipinski definition) is 1. The van der Waals surface area contributed by atoms with E-state index in [2.05, 4.69) is 5.32 Å². The number of nitrogens with one attached hydrogen (secondary N) is 1. The molecule has 0 fully saturated rings. The quantitative estimate of drug-likeness (QED) is 0.583. The van der Waals surface area contributed by atoms with Crippen LogP contribution in [-0.4, -0.2) is 30.3 Å². The SMILES string of the molecule is CC(C)[C@H](C)NC(=O)COC(=O)CCC(=O)c1ccc(Cl)cc1. The van der Waals surface area contributed by atoms with Crippen molar-refractivity contribution in [3.63, 3.8) is 0 Å². The molecule has 1 aromatic rings. The molecular weight excluding hydrogens is 318 g/mol. The summed E-state index contributed by atoms with van der Waals surface area (Å²) < 4.78 is 4.87. The Labute approximate surface area is 141 Å². The summed E-state index contributed by atoms with van der Waals surface area (Å²) in [7, 11) is 0. The lowest BCUT2D eigenvalue weighted by Gasteiger charge is -2.17. The van der Waals surface area contributed by atoms with Crippen molar-refractivity contribution in [2.24, 2.45) is 5.92 Å². The Morgan fingerprint density at radius 3 is 2.26 bits per heavy atom. The topological polar surface area (TPSA) is 72.5 Å². The molecule has 0 saturated heterocycles. The molecule has 0 spiro atoms. The van der Waals surface area contributed by atoms with Crippen LogP contribution in [0.15, 0.2) is 24.3 Å². The molecule has 0 aliphatic rings. The van der Waals surface area contributed by atoms with E-state index in [4.69, 9.17) is 16.3 Å². The zero-order chi connectivity index (χ0) is 17.4. The standard InChI is InChI=1S/C17H22ClNO4/c1-11(2)12(3)19-16(21)10-23-17(22)9-8-15(20)13-4-6-14(18)7-5-13/h4-7,11-12H,8-10H2,1-3H3,(H,19,21)/t12-/m0/s1. The van der Waals surface area contributed by atoms with Crippen molar-refractivity contribution in [1.82, 2.24) is 5.32 Å². The molecule has 0 saturated carbocycles. The number of rotatable bonds is 8. The molecule has 1 N–H and O–H groups in total.